The molecule has 0 saturated carbocycles. The number of carbonyl (C=O) groups is 2. The van der Waals surface area contributed by atoms with Crippen LogP contribution in [0.15, 0.2) is 42.7 Å². The van der Waals surface area contributed by atoms with Gasteiger partial charge in [0.25, 0.3) is 5.91 Å². The van der Waals surface area contributed by atoms with Gasteiger partial charge in [-0.15, -0.1) is 0 Å². The Balaban J connectivity index is 1.51. The van der Waals surface area contributed by atoms with Crippen molar-refractivity contribution in [3.8, 4) is 0 Å². The van der Waals surface area contributed by atoms with Gasteiger partial charge in [0.2, 0.25) is 5.91 Å². The summed E-state index contributed by atoms with van der Waals surface area (Å²) in [6.07, 6.45) is 3.25. The Hall–Kier alpha value is -2.73. The minimum atomic E-state index is -0.0173. The Morgan fingerprint density at radius 1 is 1.00 bits per heavy atom. The van der Waals surface area contributed by atoms with E-state index in [1.807, 2.05) is 36.9 Å². The SMILES string of the molecule is Cc1cccc(C)c1NC(=O)CN1CCN(C(=O)c2ccncc2)CC1. The average molecular weight is 352 g/mol. The topological polar surface area (TPSA) is 65.5 Å². The van der Waals surface area contributed by atoms with Crippen molar-refractivity contribution < 1.29 is 9.59 Å². The van der Waals surface area contributed by atoms with Crippen molar-refractivity contribution >= 4 is 17.5 Å². The molecule has 1 aliphatic heterocycles. The molecule has 0 unspecified atom stereocenters. The number of rotatable bonds is 4. The zero-order valence-electron chi connectivity index (χ0n) is 15.2. The molecule has 3 rings (SSSR count). The molecule has 0 radical (unpaired) electrons. The number of nitrogens with one attached hydrogen (secondary N) is 1. The zero-order valence-corrected chi connectivity index (χ0v) is 15.2. The van der Waals surface area contributed by atoms with Gasteiger partial charge in [0.05, 0.1) is 6.54 Å². The van der Waals surface area contributed by atoms with Gasteiger partial charge < -0.3 is 10.2 Å². The molecule has 6 heteroatoms. The number of para-hydroxylation sites is 1. The largest absolute Gasteiger partial charge is 0.336 e. The molecule has 1 fully saturated rings. The van der Waals surface area contributed by atoms with Crippen molar-refractivity contribution in [2.75, 3.05) is 38.0 Å². The van der Waals surface area contributed by atoms with Gasteiger partial charge in [-0.05, 0) is 37.1 Å². The highest BCUT2D eigenvalue weighted by atomic mass is 16.2. The molecule has 0 bridgehead atoms. The van der Waals surface area contributed by atoms with E-state index in [0.717, 1.165) is 16.8 Å². The number of hydrogen-bond acceptors (Lipinski definition) is 4. The van der Waals surface area contributed by atoms with Crippen LogP contribution in [0.5, 0.6) is 0 Å². The molecular formula is C20H24N4O2. The molecular weight excluding hydrogens is 328 g/mol. The number of anilines is 1. The minimum absolute atomic E-state index is 0.0173. The molecule has 26 heavy (non-hydrogen) atoms. The van der Waals surface area contributed by atoms with Gasteiger partial charge in [-0.25, -0.2) is 0 Å². The van der Waals surface area contributed by atoms with Crippen LogP contribution < -0.4 is 5.32 Å². The lowest BCUT2D eigenvalue weighted by atomic mass is 10.1. The third-order valence-corrected chi connectivity index (χ3v) is 4.70. The maximum Gasteiger partial charge on any atom is 0.254 e. The quantitative estimate of drug-likeness (QED) is 0.915. The number of pyridine rings is 1. The van der Waals surface area contributed by atoms with Crippen LogP contribution in [0.3, 0.4) is 0 Å². The van der Waals surface area contributed by atoms with E-state index in [9.17, 15) is 9.59 Å². The van der Waals surface area contributed by atoms with Crippen LogP contribution in [0.4, 0.5) is 5.69 Å². The smallest absolute Gasteiger partial charge is 0.254 e. The summed E-state index contributed by atoms with van der Waals surface area (Å²) in [5.74, 6) is 0.00310. The molecule has 1 saturated heterocycles. The predicted octanol–water partition coefficient (Wildman–Crippen LogP) is 2.09. The number of aromatic nitrogens is 1. The first-order chi connectivity index (χ1) is 12.5. The van der Waals surface area contributed by atoms with Gasteiger partial charge >= 0.3 is 0 Å². The van der Waals surface area contributed by atoms with Crippen molar-refractivity contribution in [2.24, 2.45) is 0 Å². The first-order valence-corrected chi connectivity index (χ1v) is 8.82. The maximum atomic E-state index is 12.4. The van der Waals surface area contributed by atoms with Gasteiger partial charge in [0.1, 0.15) is 0 Å². The number of carbonyl (C=O) groups excluding carboxylic acids is 2. The summed E-state index contributed by atoms with van der Waals surface area (Å²) in [7, 11) is 0. The Kier molecular flexibility index (Phi) is 5.63. The van der Waals surface area contributed by atoms with Gasteiger partial charge in [-0.1, -0.05) is 18.2 Å². The highest BCUT2D eigenvalue weighted by Gasteiger charge is 2.23. The van der Waals surface area contributed by atoms with Crippen molar-refractivity contribution in [3.05, 3.63) is 59.4 Å². The van der Waals surface area contributed by atoms with E-state index in [-0.39, 0.29) is 11.8 Å². The molecule has 136 valence electrons. The van der Waals surface area contributed by atoms with Crippen LogP contribution >= 0.6 is 0 Å². The van der Waals surface area contributed by atoms with E-state index in [4.69, 9.17) is 0 Å². The lowest BCUT2D eigenvalue weighted by molar-refractivity contribution is -0.117. The van der Waals surface area contributed by atoms with Crippen molar-refractivity contribution in [1.29, 1.82) is 0 Å². The van der Waals surface area contributed by atoms with Gasteiger partial charge in [0, 0.05) is 49.8 Å². The number of aryl methyl sites for hydroxylation is 2. The van der Waals surface area contributed by atoms with E-state index < -0.39 is 0 Å². The summed E-state index contributed by atoms with van der Waals surface area (Å²) in [5.41, 5.74) is 3.67. The summed E-state index contributed by atoms with van der Waals surface area (Å²) in [6.45, 7) is 6.95. The second-order valence-corrected chi connectivity index (χ2v) is 6.62. The lowest BCUT2D eigenvalue weighted by Crippen LogP contribution is -2.50. The van der Waals surface area contributed by atoms with Gasteiger partial charge in [0.15, 0.2) is 0 Å². The van der Waals surface area contributed by atoms with Crippen molar-refractivity contribution in [2.45, 2.75) is 13.8 Å². The van der Waals surface area contributed by atoms with Crippen molar-refractivity contribution in [1.82, 2.24) is 14.8 Å². The third kappa shape index (κ3) is 4.26. The summed E-state index contributed by atoms with van der Waals surface area (Å²) < 4.78 is 0. The van der Waals surface area contributed by atoms with Gasteiger partial charge in [-0.3, -0.25) is 19.5 Å². The molecule has 1 aromatic heterocycles. The molecule has 6 nitrogen and oxygen atoms in total. The first kappa shape index (κ1) is 18.1. The molecule has 0 atom stereocenters. The highest BCUT2D eigenvalue weighted by Crippen LogP contribution is 2.19. The Morgan fingerprint density at radius 2 is 1.62 bits per heavy atom. The van der Waals surface area contributed by atoms with Gasteiger partial charge in [-0.2, -0.15) is 0 Å². The van der Waals surface area contributed by atoms with Crippen LogP contribution in [0.25, 0.3) is 0 Å². The second kappa shape index (κ2) is 8.10. The maximum absolute atomic E-state index is 12.4. The number of hydrogen-bond donors (Lipinski definition) is 1. The normalized spacial score (nSPS) is 14.9. The Bertz CT molecular complexity index is 763. The predicted molar refractivity (Wildman–Crippen MR) is 101 cm³/mol. The molecule has 2 amide bonds. The summed E-state index contributed by atoms with van der Waals surface area (Å²) in [6, 6.07) is 9.43. The van der Waals surface area contributed by atoms with Crippen molar-refractivity contribution in [3.63, 3.8) is 0 Å². The van der Waals surface area contributed by atoms with Crippen LogP contribution in [0.1, 0.15) is 21.5 Å². The zero-order chi connectivity index (χ0) is 18.5. The van der Waals surface area contributed by atoms with Crippen LogP contribution in [0.2, 0.25) is 0 Å². The minimum Gasteiger partial charge on any atom is -0.336 e. The fourth-order valence-corrected chi connectivity index (χ4v) is 3.18. The molecule has 2 aromatic rings. The van der Waals surface area contributed by atoms with Crippen LogP contribution in [0, 0.1) is 13.8 Å². The lowest BCUT2D eigenvalue weighted by Gasteiger charge is -2.34. The fourth-order valence-electron chi connectivity index (χ4n) is 3.18. The average Bonchev–Trinajstić information content (AvgIpc) is 2.66. The van der Waals surface area contributed by atoms with E-state index in [1.54, 1.807) is 24.5 Å². The molecule has 1 N–H and O–H groups in total. The number of benzene rings is 1. The van der Waals surface area contributed by atoms with E-state index in [2.05, 4.69) is 15.2 Å². The van der Waals surface area contributed by atoms with E-state index in [1.165, 1.54) is 0 Å². The Labute approximate surface area is 153 Å². The van der Waals surface area contributed by atoms with Crippen LogP contribution in [-0.4, -0.2) is 59.3 Å². The monoisotopic (exact) mass is 352 g/mol. The number of piperazine rings is 1. The van der Waals surface area contributed by atoms with E-state index in [0.29, 0.717) is 38.3 Å². The fraction of sp³-hybridized carbons (Fsp3) is 0.350. The summed E-state index contributed by atoms with van der Waals surface area (Å²) in [5, 5.41) is 3.02. The first-order valence-electron chi connectivity index (χ1n) is 8.82. The molecule has 2 heterocycles. The second-order valence-electron chi connectivity index (χ2n) is 6.62. The molecule has 0 spiro atoms. The molecule has 1 aromatic carbocycles. The molecule has 0 aliphatic carbocycles. The number of amides is 2. The number of nitrogens with zero attached hydrogens (tertiary/aromatic N) is 3. The highest BCUT2D eigenvalue weighted by molar-refractivity contribution is 5.94. The van der Waals surface area contributed by atoms with Crippen LogP contribution in [-0.2, 0) is 4.79 Å². The summed E-state index contributed by atoms with van der Waals surface area (Å²) >= 11 is 0. The van der Waals surface area contributed by atoms with E-state index >= 15 is 0 Å². The molecule has 1 aliphatic rings. The standard InChI is InChI=1S/C20H24N4O2/c1-15-4-3-5-16(2)19(15)22-18(25)14-23-10-12-24(13-11-23)20(26)17-6-8-21-9-7-17/h3-9H,10-14H2,1-2H3,(H,22,25). The third-order valence-electron chi connectivity index (χ3n) is 4.70. The summed E-state index contributed by atoms with van der Waals surface area (Å²) in [4.78, 5) is 32.7. The Morgan fingerprint density at radius 3 is 2.23 bits per heavy atom.